The van der Waals surface area contributed by atoms with Gasteiger partial charge in [-0.3, -0.25) is 0 Å². The van der Waals surface area contributed by atoms with Crippen molar-refractivity contribution in [2.24, 2.45) is 0 Å². The minimum atomic E-state index is -5.59. The third-order valence-corrected chi connectivity index (χ3v) is 1.92. The fourth-order valence-electron chi connectivity index (χ4n) is 0.454. The van der Waals surface area contributed by atoms with Gasteiger partial charge in [-0.15, -0.1) is 0 Å². The van der Waals surface area contributed by atoms with Gasteiger partial charge in [0, 0.05) is 0 Å². The molecule has 0 aliphatic carbocycles. The van der Waals surface area contributed by atoms with Gasteiger partial charge in [-0.1, -0.05) is 0 Å². The molecule has 0 bridgehead atoms. The molecule has 1 N–H and O–H groups in total. The molecule has 0 atom stereocenters. The van der Waals surface area contributed by atoms with E-state index in [2.05, 4.69) is 14.2 Å². The van der Waals surface area contributed by atoms with Gasteiger partial charge in [-0.25, -0.2) is 4.98 Å². The Morgan fingerprint density at radius 2 is 2.08 bits per heavy atom. The lowest BCUT2D eigenvalue weighted by Gasteiger charge is -2.06. The SMILES string of the molecule is O=S(=O)(Oc1cnc[nH]1)C(F)(F)F. The number of nitrogens with zero attached hydrogens (tertiary/aromatic N) is 1. The quantitative estimate of drug-likeness (QED) is 0.581. The highest BCUT2D eigenvalue weighted by Crippen LogP contribution is 2.25. The molecule has 1 heterocycles. The number of nitrogens with one attached hydrogen (secondary N) is 1. The maximum absolute atomic E-state index is 11.7. The van der Waals surface area contributed by atoms with Crippen molar-refractivity contribution < 1.29 is 25.8 Å². The molecule has 1 rings (SSSR count). The summed E-state index contributed by atoms with van der Waals surface area (Å²) in [5, 5.41) is 0. The van der Waals surface area contributed by atoms with Crippen molar-refractivity contribution in [2.75, 3.05) is 0 Å². The smallest absolute Gasteiger partial charge is 0.356 e. The molecule has 0 unspecified atom stereocenters. The summed E-state index contributed by atoms with van der Waals surface area (Å²) in [7, 11) is -5.59. The second-order valence-corrected chi connectivity index (χ2v) is 3.44. The molecule has 0 radical (unpaired) electrons. The van der Waals surface area contributed by atoms with Crippen molar-refractivity contribution in [3.63, 3.8) is 0 Å². The van der Waals surface area contributed by atoms with Crippen molar-refractivity contribution in [1.29, 1.82) is 0 Å². The number of H-pyrrole nitrogens is 1. The van der Waals surface area contributed by atoms with Gasteiger partial charge in [0.15, 0.2) is 0 Å². The lowest BCUT2D eigenvalue weighted by Crippen LogP contribution is -2.28. The Morgan fingerprint density at radius 1 is 1.46 bits per heavy atom. The van der Waals surface area contributed by atoms with Crippen LogP contribution in [-0.2, 0) is 10.1 Å². The van der Waals surface area contributed by atoms with Gasteiger partial charge in [-0.2, -0.15) is 21.6 Å². The zero-order valence-electron chi connectivity index (χ0n) is 5.87. The van der Waals surface area contributed by atoms with Crippen LogP contribution in [0, 0.1) is 0 Å². The van der Waals surface area contributed by atoms with Crippen LogP contribution in [0.3, 0.4) is 0 Å². The van der Waals surface area contributed by atoms with Gasteiger partial charge in [0.2, 0.25) is 5.88 Å². The zero-order valence-corrected chi connectivity index (χ0v) is 6.69. The summed E-state index contributed by atoms with van der Waals surface area (Å²) in [5.74, 6) is -0.586. The van der Waals surface area contributed by atoms with E-state index in [1.165, 1.54) is 0 Å². The van der Waals surface area contributed by atoms with Crippen LogP contribution in [0.2, 0.25) is 0 Å². The van der Waals surface area contributed by atoms with E-state index in [9.17, 15) is 21.6 Å². The summed E-state index contributed by atoms with van der Waals surface area (Å²) in [6.45, 7) is 0. The summed E-state index contributed by atoms with van der Waals surface area (Å²) >= 11 is 0. The van der Waals surface area contributed by atoms with Crippen molar-refractivity contribution >= 4 is 10.1 Å². The Balaban J connectivity index is 2.87. The number of aromatic nitrogens is 2. The topological polar surface area (TPSA) is 72.1 Å². The van der Waals surface area contributed by atoms with E-state index in [0.717, 1.165) is 12.5 Å². The zero-order chi connectivity index (χ0) is 10.1. The van der Waals surface area contributed by atoms with Gasteiger partial charge in [0.05, 0.1) is 12.5 Å². The van der Waals surface area contributed by atoms with E-state index < -0.39 is 21.5 Å². The molecule has 0 saturated carbocycles. The molecule has 0 aliphatic heterocycles. The normalized spacial score (nSPS) is 12.8. The Labute approximate surface area is 70.7 Å². The molecular formula is C4H3F3N2O3S. The molecule has 0 amide bonds. The van der Waals surface area contributed by atoms with E-state index in [1.54, 1.807) is 0 Å². The molecular weight excluding hydrogens is 213 g/mol. The van der Waals surface area contributed by atoms with Crippen LogP contribution in [0.15, 0.2) is 12.5 Å². The number of imidazole rings is 1. The summed E-state index contributed by atoms with van der Waals surface area (Å²) in [4.78, 5) is 5.33. The Hall–Kier alpha value is -1.25. The number of halogens is 3. The van der Waals surface area contributed by atoms with Gasteiger partial charge < -0.3 is 9.17 Å². The van der Waals surface area contributed by atoms with Crippen molar-refractivity contribution in [1.82, 2.24) is 9.97 Å². The molecule has 0 saturated heterocycles. The number of hydrogen-bond donors (Lipinski definition) is 1. The van der Waals surface area contributed by atoms with Crippen LogP contribution in [0.25, 0.3) is 0 Å². The molecule has 0 fully saturated rings. The average molecular weight is 216 g/mol. The third-order valence-electron chi connectivity index (χ3n) is 0.956. The first-order valence-corrected chi connectivity index (χ1v) is 4.23. The van der Waals surface area contributed by atoms with Crippen molar-refractivity contribution in [2.45, 2.75) is 5.51 Å². The highest BCUT2D eigenvalue weighted by molar-refractivity contribution is 7.87. The van der Waals surface area contributed by atoms with Crippen LogP contribution >= 0.6 is 0 Å². The first kappa shape index (κ1) is 9.84. The van der Waals surface area contributed by atoms with E-state index >= 15 is 0 Å². The Morgan fingerprint density at radius 3 is 2.46 bits per heavy atom. The van der Waals surface area contributed by atoms with Gasteiger partial charge in [0.1, 0.15) is 0 Å². The van der Waals surface area contributed by atoms with Gasteiger partial charge >= 0.3 is 15.6 Å². The van der Waals surface area contributed by atoms with Crippen LogP contribution < -0.4 is 4.18 Å². The highest BCUT2D eigenvalue weighted by atomic mass is 32.2. The van der Waals surface area contributed by atoms with Gasteiger partial charge in [0.25, 0.3) is 0 Å². The van der Waals surface area contributed by atoms with Crippen LogP contribution in [-0.4, -0.2) is 23.9 Å². The molecule has 9 heteroatoms. The summed E-state index contributed by atoms with van der Waals surface area (Å²) in [6, 6.07) is 0. The minimum Gasteiger partial charge on any atom is -0.356 e. The van der Waals surface area contributed by atoms with Crippen LogP contribution in [0.4, 0.5) is 13.2 Å². The standard InChI is InChI=1S/C4H3F3N2O3S/c5-4(6,7)13(10,11)12-3-1-8-2-9-3/h1-2H,(H,8,9). The molecule has 1 aromatic heterocycles. The van der Waals surface area contributed by atoms with Crippen molar-refractivity contribution in [3.8, 4) is 5.88 Å². The number of aromatic amines is 1. The van der Waals surface area contributed by atoms with Crippen LogP contribution in [0.5, 0.6) is 5.88 Å². The first-order valence-electron chi connectivity index (χ1n) is 2.82. The fraction of sp³-hybridized carbons (Fsp3) is 0.250. The second-order valence-electron chi connectivity index (χ2n) is 1.90. The predicted molar refractivity (Wildman–Crippen MR) is 34.2 cm³/mol. The molecule has 5 nitrogen and oxygen atoms in total. The van der Waals surface area contributed by atoms with Crippen LogP contribution in [0.1, 0.15) is 0 Å². The fourth-order valence-corrected chi connectivity index (χ4v) is 0.876. The number of alkyl halides is 3. The third kappa shape index (κ3) is 2.11. The molecule has 74 valence electrons. The van der Waals surface area contributed by atoms with Gasteiger partial charge in [-0.05, 0) is 0 Å². The Bertz CT molecular complexity index is 368. The molecule has 1 aromatic rings. The Kier molecular flexibility index (Phi) is 2.20. The monoisotopic (exact) mass is 216 g/mol. The van der Waals surface area contributed by atoms with E-state index in [1.807, 2.05) is 0 Å². The maximum atomic E-state index is 11.7. The predicted octanol–water partition coefficient (Wildman–Crippen LogP) is 0.638. The summed E-state index contributed by atoms with van der Waals surface area (Å²) in [6.07, 6.45) is 1.80. The number of rotatable bonds is 2. The van der Waals surface area contributed by atoms with E-state index in [-0.39, 0.29) is 0 Å². The lowest BCUT2D eigenvalue weighted by atomic mass is 10.9. The molecule has 0 spiro atoms. The highest BCUT2D eigenvalue weighted by Gasteiger charge is 2.48. The molecule has 0 aliphatic rings. The summed E-state index contributed by atoms with van der Waals surface area (Å²) < 4.78 is 59.3. The average Bonchev–Trinajstić information content (AvgIpc) is 2.35. The molecule has 0 aromatic carbocycles. The molecule has 13 heavy (non-hydrogen) atoms. The van der Waals surface area contributed by atoms with E-state index in [0.29, 0.717) is 0 Å². The van der Waals surface area contributed by atoms with Crippen molar-refractivity contribution in [3.05, 3.63) is 12.5 Å². The lowest BCUT2D eigenvalue weighted by molar-refractivity contribution is -0.0501. The minimum absolute atomic E-state index is 0.586. The maximum Gasteiger partial charge on any atom is 0.534 e. The largest absolute Gasteiger partial charge is 0.534 e. The summed E-state index contributed by atoms with van der Waals surface area (Å²) in [5.41, 5.74) is -5.43. The second kappa shape index (κ2) is 2.91. The number of hydrogen-bond acceptors (Lipinski definition) is 4. The first-order chi connectivity index (χ1) is 5.83. The van der Waals surface area contributed by atoms with E-state index in [4.69, 9.17) is 0 Å².